The van der Waals surface area contributed by atoms with Crippen LogP contribution in [0.2, 0.25) is 0 Å². The second kappa shape index (κ2) is 5.36. The van der Waals surface area contributed by atoms with Crippen LogP contribution in [0.1, 0.15) is 18.5 Å². The van der Waals surface area contributed by atoms with Crippen LogP contribution >= 0.6 is 0 Å². The Kier molecular flexibility index (Phi) is 4.37. The number of nitrogens with one attached hydrogen (secondary N) is 1. The molecule has 0 amide bonds. The number of rotatable bonds is 5. The average Bonchev–Trinajstić information content (AvgIpc) is 2.63. The monoisotopic (exact) mass is 236 g/mol. The van der Waals surface area contributed by atoms with Crippen molar-refractivity contribution in [3.63, 3.8) is 0 Å². The molecule has 1 unspecified atom stereocenters. The van der Waals surface area contributed by atoms with Crippen molar-refractivity contribution in [2.24, 2.45) is 0 Å². The van der Waals surface area contributed by atoms with Crippen molar-refractivity contribution in [3.8, 4) is 0 Å². The molecule has 0 bridgehead atoms. The van der Waals surface area contributed by atoms with E-state index in [2.05, 4.69) is 10.1 Å². The summed E-state index contributed by atoms with van der Waals surface area (Å²) in [5, 5.41) is 3.05. The summed E-state index contributed by atoms with van der Waals surface area (Å²) in [4.78, 5) is 0. The second-order valence-electron chi connectivity index (χ2n) is 3.49. The molecule has 1 atom stereocenters. The molecule has 3 nitrogen and oxygen atoms in total. The molecule has 92 valence electrons. The lowest BCUT2D eigenvalue weighted by atomic mass is 10.2. The molecule has 0 aliphatic carbocycles. The predicted molar refractivity (Wildman–Crippen MR) is 53.9 cm³/mol. The van der Waals surface area contributed by atoms with E-state index in [0.29, 0.717) is 0 Å². The Hall–Kier alpha value is -1.01. The Bertz CT molecular complexity index is 322. The van der Waals surface area contributed by atoms with Gasteiger partial charge < -0.3 is 9.88 Å². The second-order valence-corrected chi connectivity index (χ2v) is 3.49. The predicted octanol–water partition coefficient (Wildman–Crippen LogP) is 2.30. The molecular weight excluding hydrogens is 221 g/mol. The van der Waals surface area contributed by atoms with E-state index in [9.17, 15) is 13.2 Å². The van der Waals surface area contributed by atoms with Gasteiger partial charge in [0.15, 0.2) is 0 Å². The molecule has 16 heavy (non-hydrogen) atoms. The lowest BCUT2D eigenvalue weighted by Gasteiger charge is -2.08. The van der Waals surface area contributed by atoms with Gasteiger partial charge in [-0.3, -0.25) is 4.74 Å². The van der Waals surface area contributed by atoms with Crippen molar-refractivity contribution >= 4 is 0 Å². The minimum atomic E-state index is -4.55. The van der Waals surface area contributed by atoms with Gasteiger partial charge in [0.2, 0.25) is 0 Å². The Balaban J connectivity index is 2.41. The van der Waals surface area contributed by atoms with E-state index >= 15 is 0 Å². The van der Waals surface area contributed by atoms with Gasteiger partial charge in [0.05, 0.1) is 6.61 Å². The smallest absolute Gasteiger partial charge is 0.352 e. The number of ether oxygens (including phenoxy) is 1. The lowest BCUT2D eigenvalue weighted by molar-refractivity contribution is -0.325. The Morgan fingerprint density at radius 1 is 1.50 bits per heavy atom. The molecule has 0 aliphatic rings. The summed E-state index contributed by atoms with van der Waals surface area (Å²) < 4.78 is 40.5. The third-order valence-electron chi connectivity index (χ3n) is 2.32. The number of hydrogen-bond donors (Lipinski definition) is 1. The fraction of sp³-hybridized carbons (Fsp3) is 0.600. The number of hydrogen-bond acceptors (Lipinski definition) is 2. The van der Waals surface area contributed by atoms with Crippen molar-refractivity contribution in [1.29, 1.82) is 0 Å². The molecule has 0 saturated heterocycles. The van der Waals surface area contributed by atoms with Crippen LogP contribution < -0.4 is 5.32 Å². The topological polar surface area (TPSA) is 26.2 Å². The summed E-state index contributed by atoms with van der Waals surface area (Å²) in [7, 11) is 1.83. The Morgan fingerprint density at radius 3 is 2.75 bits per heavy atom. The van der Waals surface area contributed by atoms with Gasteiger partial charge >= 0.3 is 6.36 Å². The molecule has 0 saturated carbocycles. The van der Waals surface area contributed by atoms with Crippen LogP contribution in [0, 0.1) is 0 Å². The highest BCUT2D eigenvalue weighted by atomic mass is 19.4. The number of halogens is 3. The van der Waals surface area contributed by atoms with Gasteiger partial charge in [-0.1, -0.05) is 0 Å². The van der Waals surface area contributed by atoms with Gasteiger partial charge in [0.25, 0.3) is 0 Å². The van der Waals surface area contributed by atoms with Gasteiger partial charge in [0, 0.05) is 25.0 Å². The first-order chi connectivity index (χ1) is 7.42. The quantitative estimate of drug-likeness (QED) is 0.849. The van der Waals surface area contributed by atoms with E-state index in [1.165, 1.54) is 0 Å². The molecule has 1 N–H and O–H groups in total. The van der Waals surface area contributed by atoms with Gasteiger partial charge in [0.1, 0.15) is 0 Å². The summed E-state index contributed by atoms with van der Waals surface area (Å²) in [5.74, 6) is 0. The standard InChI is InChI=1S/C10H15F3N2O/c1-8(14-2)9-3-4-15(7-9)5-6-16-10(11,12)13/h3-4,7-8,14H,5-6H2,1-2H3. The van der Waals surface area contributed by atoms with E-state index in [4.69, 9.17) is 0 Å². The average molecular weight is 236 g/mol. The summed E-state index contributed by atoms with van der Waals surface area (Å²) in [6.07, 6.45) is -1.00. The Labute approximate surface area is 92.2 Å². The zero-order chi connectivity index (χ0) is 12.2. The fourth-order valence-electron chi connectivity index (χ4n) is 1.29. The highest BCUT2D eigenvalue weighted by Crippen LogP contribution is 2.16. The third kappa shape index (κ3) is 4.24. The van der Waals surface area contributed by atoms with Crippen LogP contribution in [0.15, 0.2) is 18.5 Å². The maximum Gasteiger partial charge on any atom is 0.522 e. The van der Waals surface area contributed by atoms with Crippen molar-refractivity contribution in [2.45, 2.75) is 25.9 Å². The number of aromatic nitrogens is 1. The zero-order valence-electron chi connectivity index (χ0n) is 9.21. The first-order valence-electron chi connectivity index (χ1n) is 4.96. The zero-order valence-corrected chi connectivity index (χ0v) is 9.21. The van der Waals surface area contributed by atoms with Crippen LogP contribution in [0.25, 0.3) is 0 Å². The number of nitrogens with zero attached hydrogens (tertiary/aromatic N) is 1. The van der Waals surface area contributed by atoms with Gasteiger partial charge in [-0.2, -0.15) is 0 Å². The van der Waals surface area contributed by atoms with Crippen LogP contribution in [-0.2, 0) is 11.3 Å². The van der Waals surface area contributed by atoms with Crippen LogP contribution in [0.5, 0.6) is 0 Å². The first-order valence-corrected chi connectivity index (χ1v) is 4.96. The third-order valence-corrected chi connectivity index (χ3v) is 2.32. The normalized spacial score (nSPS) is 14.1. The molecule has 1 heterocycles. The van der Waals surface area contributed by atoms with E-state index in [1.54, 1.807) is 17.0 Å². The van der Waals surface area contributed by atoms with E-state index in [1.807, 2.05) is 20.0 Å². The summed E-state index contributed by atoms with van der Waals surface area (Å²) >= 11 is 0. The van der Waals surface area contributed by atoms with Crippen LogP contribution in [-0.4, -0.2) is 24.6 Å². The summed E-state index contributed by atoms with van der Waals surface area (Å²) in [5.41, 5.74) is 1.04. The molecule has 1 rings (SSSR count). The van der Waals surface area contributed by atoms with E-state index in [0.717, 1.165) is 5.56 Å². The number of alkyl halides is 3. The van der Waals surface area contributed by atoms with E-state index in [-0.39, 0.29) is 19.2 Å². The molecule has 0 radical (unpaired) electrons. The highest BCUT2D eigenvalue weighted by molar-refractivity contribution is 5.14. The maximum atomic E-state index is 11.7. The van der Waals surface area contributed by atoms with Gasteiger partial charge in [-0.25, -0.2) is 0 Å². The largest absolute Gasteiger partial charge is 0.522 e. The van der Waals surface area contributed by atoms with Crippen molar-refractivity contribution in [3.05, 3.63) is 24.0 Å². The molecule has 1 aromatic heterocycles. The molecular formula is C10H15F3N2O. The SMILES string of the molecule is CNC(C)c1ccn(CCOC(F)(F)F)c1. The van der Waals surface area contributed by atoms with Gasteiger partial charge in [-0.05, 0) is 25.6 Å². The molecule has 1 aromatic rings. The van der Waals surface area contributed by atoms with Crippen molar-refractivity contribution in [1.82, 2.24) is 9.88 Å². The minimum absolute atomic E-state index is 0.185. The molecule has 0 spiro atoms. The highest BCUT2D eigenvalue weighted by Gasteiger charge is 2.28. The van der Waals surface area contributed by atoms with Crippen molar-refractivity contribution in [2.75, 3.05) is 13.7 Å². The molecule has 6 heteroatoms. The molecule has 0 fully saturated rings. The minimum Gasteiger partial charge on any atom is -0.352 e. The first kappa shape index (κ1) is 13.1. The van der Waals surface area contributed by atoms with E-state index < -0.39 is 6.36 Å². The summed E-state index contributed by atoms with van der Waals surface area (Å²) in [6.45, 7) is 1.80. The lowest BCUT2D eigenvalue weighted by Crippen LogP contribution is -2.17. The Morgan fingerprint density at radius 2 is 2.19 bits per heavy atom. The maximum absolute atomic E-state index is 11.7. The van der Waals surface area contributed by atoms with Crippen LogP contribution in [0.3, 0.4) is 0 Å². The van der Waals surface area contributed by atoms with Crippen LogP contribution in [0.4, 0.5) is 13.2 Å². The molecule has 0 aromatic carbocycles. The summed E-state index contributed by atoms with van der Waals surface area (Å²) in [6, 6.07) is 2.05. The molecule has 0 aliphatic heterocycles. The fourth-order valence-corrected chi connectivity index (χ4v) is 1.29. The van der Waals surface area contributed by atoms with Crippen molar-refractivity contribution < 1.29 is 17.9 Å². The van der Waals surface area contributed by atoms with Gasteiger partial charge in [-0.15, -0.1) is 13.2 Å².